The van der Waals surface area contributed by atoms with Gasteiger partial charge in [-0.05, 0) is 39.3 Å². The molecule has 1 heterocycles. The number of aryl methyl sites for hydroxylation is 1. The van der Waals surface area contributed by atoms with Crippen molar-refractivity contribution in [2.75, 3.05) is 13.2 Å². The van der Waals surface area contributed by atoms with E-state index in [9.17, 15) is 0 Å². The summed E-state index contributed by atoms with van der Waals surface area (Å²) < 4.78 is 16.9. The lowest BCUT2D eigenvalue weighted by Gasteiger charge is -2.21. The smallest absolute Gasteiger partial charge is 0.134 e. The maximum Gasteiger partial charge on any atom is 0.134 e. The molecular weight excluding hydrogens is 230 g/mol. The minimum atomic E-state index is -0.195. The van der Waals surface area contributed by atoms with Crippen molar-refractivity contribution in [3.05, 3.63) is 23.7 Å². The van der Waals surface area contributed by atoms with Crippen LogP contribution >= 0.6 is 0 Å². The highest BCUT2D eigenvalue weighted by Crippen LogP contribution is 2.24. The summed E-state index contributed by atoms with van der Waals surface area (Å²) in [5.74, 6) is 1.67. The molecule has 1 rings (SSSR count). The van der Waals surface area contributed by atoms with E-state index < -0.39 is 0 Å². The summed E-state index contributed by atoms with van der Waals surface area (Å²) in [6.07, 6.45) is 0.868. The Kier molecular flexibility index (Phi) is 6.39. The summed E-state index contributed by atoms with van der Waals surface area (Å²) in [4.78, 5) is 0. The van der Waals surface area contributed by atoms with E-state index in [1.54, 1.807) is 0 Å². The van der Waals surface area contributed by atoms with Crippen molar-refractivity contribution in [2.45, 2.75) is 52.4 Å². The van der Waals surface area contributed by atoms with Gasteiger partial charge in [0.2, 0.25) is 0 Å². The monoisotopic (exact) mass is 255 g/mol. The van der Waals surface area contributed by atoms with Crippen LogP contribution in [0.15, 0.2) is 16.5 Å². The molecule has 0 aliphatic carbocycles. The quantitative estimate of drug-likeness (QED) is 0.726. The van der Waals surface area contributed by atoms with Crippen molar-refractivity contribution in [2.24, 2.45) is 5.73 Å². The van der Waals surface area contributed by atoms with Crippen LogP contribution in [0.1, 0.15) is 44.8 Å². The Hall–Kier alpha value is -0.840. The fourth-order valence-electron chi connectivity index (χ4n) is 1.70. The van der Waals surface area contributed by atoms with Gasteiger partial charge in [0.05, 0.1) is 19.3 Å². The van der Waals surface area contributed by atoms with Crippen LogP contribution in [0.5, 0.6) is 0 Å². The van der Waals surface area contributed by atoms with E-state index in [1.807, 2.05) is 39.8 Å². The molecule has 104 valence electrons. The summed E-state index contributed by atoms with van der Waals surface area (Å²) in [6, 6.07) is 3.80. The third-order valence-corrected chi connectivity index (χ3v) is 2.73. The minimum Gasteiger partial charge on any atom is -0.464 e. The second kappa shape index (κ2) is 7.56. The van der Waals surface area contributed by atoms with E-state index in [1.165, 1.54) is 0 Å². The minimum absolute atomic E-state index is 0.0606. The number of nitrogens with two attached hydrogens (primary N) is 1. The largest absolute Gasteiger partial charge is 0.464 e. The predicted molar refractivity (Wildman–Crippen MR) is 71.5 cm³/mol. The number of hydrogen-bond acceptors (Lipinski definition) is 4. The lowest BCUT2D eigenvalue weighted by molar-refractivity contribution is -0.0300. The van der Waals surface area contributed by atoms with Gasteiger partial charge < -0.3 is 19.6 Å². The molecule has 4 heteroatoms. The van der Waals surface area contributed by atoms with Crippen molar-refractivity contribution in [1.82, 2.24) is 0 Å². The standard InChI is InChI=1S/C14H25NO3/c1-5-12(15)14(13-7-6-11(4)18-13)17-9-8-16-10(2)3/h6-7,10,12,14H,5,8-9,15H2,1-4H3. The van der Waals surface area contributed by atoms with Crippen LogP contribution in [-0.2, 0) is 9.47 Å². The first-order valence-corrected chi connectivity index (χ1v) is 6.59. The highest BCUT2D eigenvalue weighted by atomic mass is 16.5. The van der Waals surface area contributed by atoms with Crippen LogP contribution in [0.25, 0.3) is 0 Å². The average molecular weight is 255 g/mol. The first kappa shape index (κ1) is 15.2. The first-order valence-electron chi connectivity index (χ1n) is 6.59. The molecule has 0 fully saturated rings. The SMILES string of the molecule is CCC(N)C(OCCOC(C)C)c1ccc(C)o1. The maximum absolute atomic E-state index is 6.07. The highest BCUT2D eigenvalue weighted by molar-refractivity contribution is 5.10. The summed E-state index contributed by atoms with van der Waals surface area (Å²) in [6.45, 7) is 9.07. The lowest BCUT2D eigenvalue weighted by atomic mass is 10.1. The van der Waals surface area contributed by atoms with E-state index in [0.717, 1.165) is 17.9 Å². The summed E-state index contributed by atoms with van der Waals surface area (Å²) in [7, 11) is 0. The molecule has 0 saturated heterocycles. The Morgan fingerprint density at radius 2 is 1.89 bits per heavy atom. The summed E-state index contributed by atoms with van der Waals surface area (Å²) in [5, 5.41) is 0. The average Bonchev–Trinajstić information content (AvgIpc) is 2.74. The van der Waals surface area contributed by atoms with Crippen LogP contribution in [0.4, 0.5) is 0 Å². The zero-order valence-electron chi connectivity index (χ0n) is 11.8. The van der Waals surface area contributed by atoms with Crippen molar-refractivity contribution < 1.29 is 13.9 Å². The number of hydrogen-bond donors (Lipinski definition) is 1. The normalized spacial score (nSPS) is 15.0. The van der Waals surface area contributed by atoms with Gasteiger partial charge in [0.15, 0.2) is 0 Å². The van der Waals surface area contributed by atoms with E-state index >= 15 is 0 Å². The second-order valence-electron chi connectivity index (χ2n) is 4.73. The van der Waals surface area contributed by atoms with E-state index in [2.05, 4.69) is 0 Å². The van der Waals surface area contributed by atoms with Gasteiger partial charge in [0.1, 0.15) is 17.6 Å². The topological polar surface area (TPSA) is 57.6 Å². The Bertz CT molecular complexity index is 336. The van der Waals surface area contributed by atoms with Crippen LogP contribution in [0.3, 0.4) is 0 Å². The van der Waals surface area contributed by atoms with Crippen LogP contribution in [-0.4, -0.2) is 25.4 Å². The van der Waals surface area contributed by atoms with E-state index in [4.69, 9.17) is 19.6 Å². The highest BCUT2D eigenvalue weighted by Gasteiger charge is 2.22. The van der Waals surface area contributed by atoms with Crippen LogP contribution in [0.2, 0.25) is 0 Å². The molecule has 4 nitrogen and oxygen atoms in total. The molecule has 2 N–H and O–H groups in total. The molecule has 2 atom stereocenters. The zero-order chi connectivity index (χ0) is 13.5. The van der Waals surface area contributed by atoms with Crippen molar-refractivity contribution in [3.8, 4) is 0 Å². The van der Waals surface area contributed by atoms with Gasteiger partial charge in [-0.3, -0.25) is 0 Å². The number of rotatable bonds is 8. The van der Waals surface area contributed by atoms with Crippen molar-refractivity contribution >= 4 is 0 Å². The maximum atomic E-state index is 6.07. The van der Waals surface area contributed by atoms with E-state index in [-0.39, 0.29) is 18.2 Å². The molecule has 0 spiro atoms. The molecule has 0 aliphatic rings. The molecule has 1 aromatic rings. The molecule has 1 aromatic heterocycles. The zero-order valence-corrected chi connectivity index (χ0v) is 11.8. The molecule has 0 aliphatic heterocycles. The van der Waals surface area contributed by atoms with Gasteiger partial charge in [-0.25, -0.2) is 0 Å². The Morgan fingerprint density at radius 1 is 1.22 bits per heavy atom. The van der Waals surface area contributed by atoms with Crippen LogP contribution < -0.4 is 5.73 Å². The number of furan rings is 1. The molecule has 0 bridgehead atoms. The van der Waals surface area contributed by atoms with Gasteiger partial charge in [0.25, 0.3) is 0 Å². The summed E-state index contributed by atoms with van der Waals surface area (Å²) >= 11 is 0. The second-order valence-corrected chi connectivity index (χ2v) is 4.73. The van der Waals surface area contributed by atoms with Gasteiger partial charge in [-0.1, -0.05) is 6.92 Å². The third-order valence-electron chi connectivity index (χ3n) is 2.73. The predicted octanol–water partition coefficient (Wildman–Crippen LogP) is 2.81. The van der Waals surface area contributed by atoms with Gasteiger partial charge >= 0.3 is 0 Å². The van der Waals surface area contributed by atoms with Crippen molar-refractivity contribution in [1.29, 1.82) is 0 Å². The molecular formula is C14H25NO3. The lowest BCUT2D eigenvalue weighted by Crippen LogP contribution is -2.30. The first-order chi connectivity index (χ1) is 8.54. The summed E-state index contributed by atoms with van der Waals surface area (Å²) in [5.41, 5.74) is 6.07. The molecule has 0 radical (unpaired) electrons. The van der Waals surface area contributed by atoms with Gasteiger partial charge in [0, 0.05) is 6.04 Å². The molecule has 18 heavy (non-hydrogen) atoms. The van der Waals surface area contributed by atoms with Gasteiger partial charge in [-0.15, -0.1) is 0 Å². The number of ether oxygens (including phenoxy) is 2. The molecule has 0 aromatic carbocycles. The van der Waals surface area contributed by atoms with Gasteiger partial charge in [-0.2, -0.15) is 0 Å². The van der Waals surface area contributed by atoms with Crippen molar-refractivity contribution in [3.63, 3.8) is 0 Å². The Morgan fingerprint density at radius 3 is 2.39 bits per heavy atom. The Balaban J connectivity index is 2.51. The molecule has 0 saturated carbocycles. The van der Waals surface area contributed by atoms with Crippen LogP contribution in [0, 0.1) is 6.92 Å². The van der Waals surface area contributed by atoms with E-state index in [0.29, 0.717) is 13.2 Å². The fourth-order valence-corrected chi connectivity index (χ4v) is 1.70. The Labute approximate surface area is 109 Å². The molecule has 0 amide bonds. The fraction of sp³-hybridized carbons (Fsp3) is 0.714. The molecule has 2 unspecified atom stereocenters. The third kappa shape index (κ3) is 4.80.